The monoisotopic (exact) mass is 216 g/mol. The minimum absolute atomic E-state index is 0.348. The summed E-state index contributed by atoms with van der Waals surface area (Å²) in [5.41, 5.74) is 1.40. The van der Waals surface area contributed by atoms with Gasteiger partial charge >= 0.3 is 0 Å². The molecule has 1 aromatic carbocycles. The summed E-state index contributed by atoms with van der Waals surface area (Å²) in [5, 5.41) is 9.01. The number of hydrogen-bond donors (Lipinski definition) is 1. The third-order valence-electron chi connectivity index (χ3n) is 2.02. The highest BCUT2D eigenvalue weighted by Crippen LogP contribution is 2.17. The molecule has 0 aliphatic carbocycles. The van der Waals surface area contributed by atoms with Gasteiger partial charge in [0.15, 0.2) is 11.6 Å². The summed E-state index contributed by atoms with van der Waals surface area (Å²) in [7, 11) is 0. The average molecular weight is 216 g/mol. The van der Waals surface area contributed by atoms with Crippen LogP contribution in [0.2, 0.25) is 0 Å². The van der Waals surface area contributed by atoms with Crippen molar-refractivity contribution in [2.45, 2.75) is 0 Å². The molecule has 4 heteroatoms. The third-order valence-corrected chi connectivity index (χ3v) is 2.02. The van der Waals surface area contributed by atoms with Crippen molar-refractivity contribution < 1.29 is 9.50 Å². The Bertz CT molecular complexity index is 512. The molecule has 0 aliphatic rings. The first kappa shape index (κ1) is 10.3. The van der Waals surface area contributed by atoms with Crippen LogP contribution in [0, 0.1) is 5.82 Å². The van der Waals surface area contributed by atoms with Crippen LogP contribution in [0.25, 0.3) is 12.2 Å². The highest BCUT2D eigenvalue weighted by atomic mass is 19.1. The molecule has 0 atom stereocenters. The van der Waals surface area contributed by atoms with E-state index in [1.54, 1.807) is 30.5 Å². The van der Waals surface area contributed by atoms with Crippen LogP contribution in [0.5, 0.6) is 5.75 Å². The molecular weight excluding hydrogens is 207 g/mol. The highest BCUT2D eigenvalue weighted by molar-refractivity contribution is 5.68. The molecule has 3 nitrogen and oxygen atoms in total. The molecule has 1 heterocycles. The molecular formula is C12H9FN2O. The number of phenols is 1. The molecule has 1 aromatic heterocycles. The molecule has 0 saturated carbocycles. The number of phenolic OH excluding ortho intramolecular Hbond substituents is 1. The van der Waals surface area contributed by atoms with Crippen molar-refractivity contribution in [1.82, 2.24) is 9.97 Å². The molecule has 1 N–H and O–H groups in total. The summed E-state index contributed by atoms with van der Waals surface area (Å²) in [5.74, 6) is -0.982. The summed E-state index contributed by atoms with van der Waals surface area (Å²) in [4.78, 5) is 7.78. The first-order valence-corrected chi connectivity index (χ1v) is 4.68. The van der Waals surface area contributed by atoms with Gasteiger partial charge in [-0.2, -0.15) is 0 Å². The van der Waals surface area contributed by atoms with Gasteiger partial charge in [0.1, 0.15) is 6.33 Å². The van der Waals surface area contributed by atoms with Crippen LogP contribution in [-0.2, 0) is 0 Å². The Kier molecular flexibility index (Phi) is 2.91. The third kappa shape index (κ3) is 2.42. The quantitative estimate of drug-likeness (QED) is 0.838. The molecule has 0 radical (unpaired) electrons. The maximum Gasteiger partial charge on any atom is 0.165 e. The van der Waals surface area contributed by atoms with E-state index in [4.69, 9.17) is 5.11 Å². The van der Waals surface area contributed by atoms with Gasteiger partial charge < -0.3 is 5.11 Å². The zero-order valence-electron chi connectivity index (χ0n) is 8.34. The van der Waals surface area contributed by atoms with Crippen LogP contribution in [0.3, 0.4) is 0 Å². The normalized spacial score (nSPS) is 10.8. The van der Waals surface area contributed by atoms with E-state index in [1.165, 1.54) is 18.5 Å². The molecule has 2 aromatic rings. The molecule has 80 valence electrons. The van der Waals surface area contributed by atoms with E-state index in [1.807, 2.05) is 0 Å². The van der Waals surface area contributed by atoms with Crippen LogP contribution in [-0.4, -0.2) is 15.1 Å². The summed E-state index contributed by atoms with van der Waals surface area (Å²) < 4.78 is 13.0. The lowest BCUT2D eigenvalue weighted by molar-refractivity contribution is 0.432. The second-order valence-electron chi connectivity index (χ2n) is 3.18. The lowest BCUT2D eigenvalue weighted by Gasteiger charge is -1.96. The maximum atomic E-state index is 13.0. The molecule has 16 heavy (non-hydrogen) atoms. The molecule has 2 rings (SSSR count). The number of rotatable bonds is 2. The van der Waals surface area contributed by atoms with Gasteiger partial charge in [-0.15, -0.1) is 0 Å². The van der Waals surface area contributed by atoms with E-state index in [9.17, 15) is 4.39 Å². The molecule has 0 spiro atoms. The SMILES string of the molecule is Oc1ccc(C=Cc2ccncn2)cc1F. The number of aromatic hydroxyl groups is 1. The molecule has 0 fully saturated rings. The largest absolute Gasteiger partial charge is 0.505 e. The van der Waals surface area contributed by atoms with E-state index in [0.717, 1.165) is 5.69 Å². The predicted octanol–water partition coefficient (Wildman–Crippen LogP) is 2.49. The van der Waals surface area contributed by atoms with Crippen molar-refractivity contribution >= 4 is 12.2 Å². The van der Waals surface area contributed by atoms with Crippen molar-refractivity contribution in [2.75, 3.05) is 0 Å². The van der Waals surface area contributed by atoms with Crippen molar-refractivity contribution in [3.8, 4) is 5.75 Å². The van der Waals surface area contributed by atoms with Gasteiger partial charge in [-0.05, 0) is 29.8 Å². The van der Waals surface area contributed by atoms with Gasteiger partial charge in [0, 0.05) is 6.20 Å². The Morgan fingerprint density at radius 1 is 1.19 bits per heavy atom. The van der Waals surface area contributed by atoms with Crippen LogP contribution in [0.4, 0.5) is 4.39 Å². The van der Waals surface area contributed by atoms with E-state index in [-0.39, 0.29) is 5.75 Å². The van der Waals surface area contributed by atoms with E-state index in [0.29, 0.717) is 5.56 Å². The predicted molar refractivity (Wildman–Crippen MR) is 59.0 cm³/mol. The maximum absolute atomic E-state index is 13.0. The zero-order chi connectivity index (χ0) is 11.4. The molecule has 0 aliphatic heterocycles. The van der Waals surface area contributed by atoms with E-state index in [2.05, 4.69) is 9.97 Å². The topological polar surface area (TPSA) is 46.0 Å². The summed E-state index contributed by atoms with van der Waals surface area (Å²) in [6.07, 6.45) is 6.53. The number of hydrogen-bond acceptors (Lipinski definition) is 3. The zero-order valence-corrected chi connectivity index (χ0v) is 8.34. The van der Waals surface area contributed by atoms with Crippen LogP contribution in [0.15, 0.2) is 36.8 Å². The number of nitrogens with zero attached hydrogens (tertiary/aromatic N) is 2. The fraction of sp³-hybridized carbons (Fsp3) is 0. The standard InChI is InChI=1S/C12H9FN2O/c13-11-7-9(2-4-12(11)16)1-3-10-5-6-14-8-15-10/h1-8,16H. The lowest BCUT2D eigenvalue weighted by Crippen LogP contribution is -1.81. The van der Waals surface area contributed by atoms with E-state index < -0.39 is 5.82 Å². The Hall–Kier alpha value is -2.23. The fourth-order valence-corrected chi connectivity index (χ4v) is 1.21. The van der Waals surface area contributed by atoms with Gasteiger partial charge in [0.25, 0.3) is 0 Å². The fourth-order valence-electron chi connectivity index (χ4n) is 1.21. The minimum atomic E-state index is -0.634. The van der Waals surface area contributed by atoms with Crippen LogP contribution < -0.4 is 0 Å². The van der Waals surface area contributed by atoms with Crippen molar-refractivity contribution in [2.24, 2.45) is 0 Å². The first-order chi connectivity index (χ1) is 7.75. The Balaban J connectivity index is 2.21. The Morgan fingerprint density at radius 2 is 2.06 bits per heavy atom. The van der Waals surface area contributed by atoms with Crippen LogP contribution in [0.1, 0.15) is 11.3 Å². The van der Waals surface area contributed by atoms with E-state index >= 15 is 0 Å². The summed E-state index contributed by atoms with van der Waals surface area (Å²) in [6.45, 7) is 0. The van der Waals surface area contributed by atoms with Crippen molar-refractivity contribution in [3.05, 3.63) is 53.9 Å². The molecule has 0 saturated heterocycles. The first-order valence-electron chi connectivity index (χ1n) is 4.68. The highest BCUT2D eigenvalue weighted by Gasteiger charge is 1.98. The van der Waals surface area contributed by atoms with Gasteiger partial charge in [0.05, 0.1) is 5.69 Å². The number of benzene rings is 1. The Morgan fingerprint density at radius 3 is 2.75 bits per heavy atom. The van der Waals surface area contributed by atoms with Crippen molar-refractivity contribution in [3.63, 3.8) is 0 Å². The van der Waals surface area contributed by atoms with Gasteiger partial charge in [-0.25, -0.2) is 14.4 Å². The van der Waals surface area contributed by atoms with Gasteiger partial charge in [0.2, 0.25) is 0 Å². The minimum Gasteiger partial charge on any atom is -0.505 e. The van der Waals surface area contributed by atoms with Gasteiger partial charge in [-0.3, -0.25) is 0 Å². The molecule has 0 amide bonds. The average Bonchev–Trinajstić information content (AvgIpc) is 2.32. The summed E-state index contributed by atoms with van der Waals surface area (Å²) >= 11 is 0. The van der Waals surface area contributed by atoms with Crippen LogP contribution >= 0.6 is 0 Å². The molecule has 0 bridgehead atoms. The molecule has 0 unspecified atom stereocenters. The smallest absolute Gasteiger partial charge is 0.165 e. The van der Waals surface area contributed by atoms with Gasteiger partial charge in [-0.1, -0.05) is 12.1 Å². The lowest BCUT2D eigenvalue weighted by atomic mass is 10.2. The second kappa shape index (κ2) is 4.53. The second-order valence-corrected chi connectivity index (χ2v) is 3.18. The Labute approximate surface area is 91.9 Å². The number of halogens is 1. The number of aromatic nitrogens is 2. The summed E-state index contributed by atoms with van der Waals surface area (Å²) in [6, 6.07) is 5.94. The van der Waals surface area contributed by atoms with Crippen molar-refractivity contribution in [1.29, 1.82) is 0 Å².